The van der Waals surface area contributed by atoms with Gasteiger partial charge in [0.05, 0.1) is 5.69 Å². The number of hydrogen-bond acceptors (Lipinski definition) is 4. The smallest absolute Gasteiger partial charge is 0.326 e. The molecule has 0 radical (unpaired) electrons. The molecule has 3 N–H and O–H groups in total. The third-order valence-corrected chi connectivity index (χ3v) is 4.39. The van der Waals surface area contributed by atoms with E-state index in [2.05, 4.69) is 4.98 Å². The van der Waals surface area contributed by atoms with Gasteiger partial charge >= 0.3 is 5.97 Å². The van der Waals surface area contributed by atoms with E-state index in [1.807, 2.05) is 13.8 Å². The predicted octanol–water partition coefficient (Wildman–Crippen LogP) is 2.69. The molecule has 0 saturated carbocycles. The maximum Gasteiger partial charge on any atom is 0.326 e. The summed E-state index contributed by atoms with van der Waals surface area (Å²) in [6, 6.07) is 5.08. The van der Waals surface area contributed by atoms with Gasteiger partial charge in [0.2, 0.25) is 0 Å². The van der Waals surface area contributed by atoms with Crippen molar-refractivity contribution in [3.63, 3.8) is 0 Å². The first kappa shape index (κ1) is 14.6. The number of thiazole rings is 1. The van der Waals surface area contributed by atoms with Crippen molar-refractivity contribution in [3.05, 3.63) is 51.7 Å². The van der Waals surface area contributed by atoms with Crippen molar-refractivity contribution in [3.8, 4) is 0 Å². The van der Waals surface area contributed by atoms with Crippen LogP contribution in [0.2, 0.25) is 0 Å². The molecule has 0 saturated heterocycles. The summed E-state index contributed by atoms with van der Waals surface area (Å²) in [5.41, 5.74) is 6.36. The standard InChI is InChI=1S/C14H15FN2O2S/c1-14(2,8-3-5-9(15)6-4-8)13-17-10(7-20-13)11(16)12(18)19/h3-7,11H,16H2,1-2H3,(H,18,19). The second-order valence-electron chi connectivity index (χ2n) is 5.03. The number of benzene rings is 1. The zero-order valence-corrected chi connectivity index (χ0v) is 11.9. The minimum Gasteiger partial charge on any atom is -0.480 e. The van der Waals surface area contributed by atoms with Gasteiger partial charge in [0.1, 0.15) is 16.9 Å². The lowest BCUT2D eigenvalue weighted by Crippen LogP contribution is -2.22. The van der Waals surface area contributed by atoms with Crippen LogP contribution in [0.25, 0.3) is 0 Å². The normalized spacial score (nSPS) is 13.2. The first-order chi connectivity index (χ1) is 9.32. The van der Waals surface area contributed by atoms with Crippen molar-refractivity contribution in [1.82, 2.24) is 4.98 Å². The Morgan fingerprint density at radius 1 is 1.40 bits per heavy atom. The van der Waals surface area contributed by atoms with Gasteiger partial charge in [-0.2, -0.15) is 0 Å². The minimum absolute atomic E-state index is 0.294. The Kier molecular flexibility index (Phi) is 3.87. The lowest BCUT2D eigenvalue weighted by Gasteiger charge is -2.22. The molecule has 0 spiro atoms. The van der Waals surface area contributed by atoms with Gasteiger partial charge in [-0.1, -0.05) is 12.1 Å². The van der Waals surface area contributed by atoms with E-state index in [1.54, 1.807) is 17.5 Å². The molecule has 106 valence electrons. The molecule has 0 fully saturated rings. The Bertz CT molecular complexity index is 622. The van der Waals surface area contributed by atoms with Crippen LogP contribution in [0.3, 0.4) is 0 Å². The van der Waals surface area contributed by atoms with Gasteiger partial charge in [0.15, 0.2) is 0 Å². The number of halogens is 1. The van der Waals surface area contributed by atoms with Crippen molar-refractivity contribution >= 4 is 17.3 Å². The van der Waals surface area contributed by atoms with Crippen LogP contribution in [0, 0.1) is 5.82 Å². The highest BCUT2D eigenvalue weighted by Crippen LogP contribution is 2.34. The molecule has 0 aliphatic heterocycles. The van der Waals surface area contributed by atoms with E-state index < -0.39 is 17.4 Å². The Morgan fingerprint density at radius 3 is 2.55 bits per heavy atom. The van der Waals surface area contributed by atoms with Crippen molar-refractivity contribution in [2.24, 2.45) is 5.73 Å². The molecule has 1 heterocycles. The number of aliphatic carboxylic acids is 1. The van der Waals surface area contributed by atoms with Gasteiger partial charge in [-0.25, -0.2) is 9.37 Å². The average Bonchev–Trinajstić information content (AvgIpc) is 2.88. The number of aromatic nitrogens is 1. The number of nitrogens with two attached hydrogens (primary N) is 1. The highest BCUT2D eigenvalue weighted by molar-refractivity contribution is 7.09. The van der Waals surface area contributed by atoms with E-state index in [9.17, 15) is 9.18 Å². The molecule has 0 bridgehead atoms. The Labute approximate surface area is 120 Å². The topological polar surface area (TPSA) is 76.2 Å². The van der Waals surface area contributed by atoms with Gasteiger partial charge in [0, 0.05) is 10.8 Å². The van der Waals surface area contributed by atoms with E-state index in [0.717, 1.165) is 10.6 Å². The van der Waals surface area contributed by atoms with E-state index in [4.69, 9.17) is 10.8 Å². The lowest BCUT2D eigenvalue weighted by molar-refractivity contribution is -0.138. The highest BCUT2D eigenvalue weighted by atomic mass is 32.1. The van der Waals surface area contributed by atoms with Crippen molar-refractivity contribution in [2.75, 3.05) is 0 Å². The van der Waals surface area contributed by atoms with Crippen LogP contribution in [0.5, 0.6) is 0 Å². The molecule has 4 nitrogen and oxygen atoms in total. The molecule has 6 heteroatoms. The van der Waals surface area contributed by atoms with E-state index >= 15 is 0 Å². The summed E-state index contributed by atoms with van der Waals surface area (Å²) in [7, 11) is 0. The second-order valence-corrected chi connectivity index (χ2v) is 5.88. The SMILES string of the molecule is CC(C)(c1ccc(F)cc1)c1nc(C(N)C(=O)O)cs1. The quantitative estimate of drug-likeness (QED) is 0.909. The molecule has 0 aliphatic rings. The van der Waals surface area contributed by atoms with Crippen LogP contribution in [-0.2, 0) is 10.2 Å². The summed E-state index contributed by atoms with van der Waals surface area (Å²) in [6.45, 7) is 3.91. The summed E-state index contributed by atoms with van der Waals surface area (Å²) in [6.07, 6.45) is 0. The van der Waals surface area contributed by atoms with E-state index in [0.29, 0.717) is 5.69 Å². The lowest BCUT2D eigenvalue weighted by atomic mass is 9.85. The molecule has 1 aromatic heterocycles. The number of hydrogen-bond donors (Lipinski definition) is 2. The zero-order chi connectivity index (χ0) is 14.9. The van der Waals surface area contributed by atoms with Crippen LogP contribution < -0.4 is 5.73 Å². The third-order valence-electron chi connectivity index (χ3n) is 3.21. The Balaban J connectivity index is 2.35. The van der Waals surface area contributed by atoms with Crippen LogP contribution >= 0.6 is 11.3 Å². The number of nitrogens with zero attached hydrogens (tertiary/aromatic N) is 1. The fourth-order valence-electron chi connectivity index (χ4n) is 1.83. The molecule has 0 amide bonds. The van der Waals surface area contributed by atoms with Gasteiger partial charge in [-0.15, -0.1) is 11.3 Å². The second kappa shape index (κ2) is 5.30. The fourth-order valence-corrected chi connectivity index (χ4v) is 2.83. The Hall–Kier alpha value is -1.79. The molecule has 2 aromatic rings. The highest BCUT2D eigenvalue weighted by Gasteiger charge is 2.28. The van der Waals surface area contributed by atoms with Crippen molar-refractivity contribution in [1.29, 1.82) is 0 Å². The monoisotopic (exact) mass is 294 g/mol. The number of carboxylic acids is 1. The largest absolute Gasteiger partial charge is 0.480 e. The van der Waals surface area contributed by atoms with Crippen LogP contribution in [-0.4, -0.2) is 16.1 Å². The van der Waals surface area contributed by atoms with E-state index in [1.165, 1.54) is 23.5 Å². The first-order valence-electron chi connectivity index (χ1n) is 6.02. The summed E-state index contributed by atoms with van der Waals surface area (Å²) in [5, 5.41) is 11.3. The molecule has 2 rings (SSSR count). The molecule has 20 heavy (non-hydrogen) atoms. The zero-order valence-electron chi connectivity index (χ0n) is 11.1. The van der Waals surface area contributed by atoms with Gasteiger partial charge in [-0.3, -0.25) is 4.79 Å². The van der Waals surface area contributed by atoms with Gasteiger partial charge < -0.3 is 10.8 Å². The summed E-state index contributed by atoms with van der Waals surface area (Å²) >= 11 is 1.35. The van der Waals surface area contributed by atoms with Crippen LogP contribution in [0.4, 0.5) is 4.39 Å². The van der Waals surface area contributed by atoms with Gasteiger partial charge in [-0.05, 0) is 31.5 Å². The van der Waals surface area contributed by atoms with Gasteiger partial charge in [0.25, 0.3) is 0 Å². The average molecular weight is 294 g/mol. The molecule has 1 unspecified atom stereocenters. The molecule has 1 atom stereocenters. The summed E-state index contributed by atoms with van der Waals surface area (Å²) in [4.78, 5) is 15.2. The minimum atomic E-state index is -1.12. The summed E-state index contributed by atoms with van der Waals surface area (Å²) < 4.78 is 13.0. The third kappa shape index (κ3) is 2.71. The first-order valence-corrected chi connectivity index (χ1v) is 6.90. The predicted molar refractivity (Wildman–Crippen MR) is 75.2 cm³/mol. The fraction of sp³-hybridized carbons (Fsp3) is 0.286. The molecule has 1 aromatic carbocycles. The van der Waals surface area contributed by atoms with Crippen molar-refractivity contribution < 1.29 is 14.3 Å². The number of carbonyl (C=O) groups is 1. The van der Waals surface area contributed by atoms with E-state index in [-0.39, 0.29) is 5.82 Å². The van der Waals surface area contributed by atoms with Crippen LogP contribution in [0.1, 0.15) is 36.2 Å². The van der Waals surface area contributed by atoms with Crippen molar-refractivity contribution in [2.45, 2.75) is 25.3 Å². The Morgan fingerprint density at radius 2 is 2.00 bits per heavy atom. The van der Waals surface area contributed by atoms with Crippen LogP contribution in [0.15, 0.2) is 29.6 Å². The molecular formula is C14H15FN2O2S. The maximum atomic E-state index is 13.0. The number of carboxylic acid groups (broad SMARTS) is 1. The maximum absolute atomic E-state index is 13.0. The molecular weight excluding hydrogens is 279 g/mol. The molecule has 0 aliphatic carbocycles. The summed E-state index contributed by atoms with van der Waals surface area (Å²) in [5.74, 6) is -1.40. The number of rotatable bonds is 4.